The van der Waals surface area contributed by atoms with E-state index < -0.39 is 20.7 Å². The van der Waals surface area contributed by atoms with Crippen molar-refractivity contribution in [2.24, 2.45) is 0 Å². The van der Waals surface area contributed by atoms with Gasteiger partial charge in [0.2, 0.25) is 10.0 Å². The molecule has 1 aromatic carbocycles. The van der Waals surface area contributed by atoms with Gasteiger partial charge in [-0.05, 0) is 18.6 Å². The Bertz CT molecular complexity index is 576. The number of rotatable bonds is 5. The average Bonchev–Trinajstić information content (AvgIpc) is 2.45. The maximum Gasteiger partial charge on any atom is 0.247 e. The van der Waals surface area contributed by atoms with Gasteiger partial charge >= 0.3 is 0 Å². The van der Waals surface area contributed by atoms with Crippen molar-refractivity contribution in [2.45, 2.75) is 17.4 Å². The molecule has 1 unspecified atom stereocenters. The van der Waals surface area contributed by atoms with E-state index in [4.69, 9.17) is 21.1 Å². The minimum atomic E-state index is -4.01. The van der Waals surface area contributed by atoms with Gasteiger partial charge in [-0.2, -0.15) is 4.31 Å². The van der Waals surface area contributed by atoms with Crippen molar-refractivity contribution in [3.05, 3.63) is 29.0 Å². The second kappa shape index (κ2) is 7.02. The number of methoxy groups -OCH3 is 1. The normalized spacial score (nSPS) is 20.6. The molecule has 0 radical (unpaired) electrons. The Labute approximate surface area is 128 Å². The molecule has 0 aliphatic carbocycles. The van der Waals surface area contributed by atoms with Crippen LogP contribution in [0.1, 0.15) is 6.42 Å². The van der Waals surface area contributed by atoms with Crippen molar-refractivity contribution in [2.75, 3.05) is 33.5 Å². The van der Waals surface area contributed by atoms with E-state index in [9.17, 15) is 12.8 Å². The molecule has 2 rings (SSSR count). The number of sulfonamides is 1. The molecule has 1 aliphatic rings. The number of halogens is 2. The molecular formula is C13H17ClFNO4S. The van der Waals surface area contributed by atoms with Crippen LogP contribution in [0.4, 0.5) is 4.39 Å². The minimum Gasteiger partial charge on any atom is -0.385 e. The molecule has 0 N–H and O–H groups in total. The van der Waals surface area contributed by atoms with Crippen molar-refractivity contribution >= 4 is 21.6 Å². The number of morpholine rings is 1. The molecule has 0 amide bonds. The van der Waals surface area contributed by atoms with Crippen molar-refractivity contribution in [1.29, 1.82) is 0 Å². The van der Waals surface area contributed by atoms with E-state index in [2.05, 4.69) is 0 Å². The second-order valence-electron chi connectivity index (χ2n) is 4.68. The van der Waals surface area contributed by atoms with E-state index in [1.807, 2.05) is 0 Å². The number of ether oxygens (including phenoxy) is 2. The zero-order valence-corrected chi connectivity index (χ0v) is 13.2. The molecule has 0 saturated carbocycles. The molecule has 1 heterocycles. The Balaban J connectivity index is 2.36. The van der Waals surface area contributed by atoms with Crippen LogP contribution >= 0.6 is 11.6 Å². The van der Waals surface area contributed by atoms with Crippen molar-refractivity contribution < 1.29 is 22.3 Å². The summed E-state index contributed by atoms with van der Waals surface area (Å²) in [5.74, 6) is -0.848. The van der Waals surface area contributed by atoms with Crippen LogP contribution in [-0.2, 0) is 19.5 Å². The lowest BCUT2D eigenvalue weighted by atomic mass is 10.2. The maximum absolute atomic E-state index is 13.9. The van der Waals surface area contributed by atoms with Gasteiger partial charge in [-0.1, -0.05) is 17.7 Å². The SMILES string of the molecule is COCCC1COCCN1S(=O)(=O)c1c(F)cccc1Cl. The van der Waals surface area contributed by atoms with E-state index in [0.717, 1.165) is 6.07 Å². The molecule has 1 aliphatic heterocycles. The first-order chi connectivity index (χ1) is 9.98. The molecular weight excluding hydrogens is 321 g/mol. The van der Waals surface area contributed by atoms with Crippen LogP contribution < -0.4 is 0 Å². The van der Waals surface area contributed by atoms with Crippen LogP contribution in [0.2, 0.25) is 5.02 Å². The maximum atomic E-state index is 13.9. The number of benzene rings is 1. The molecule has 0 bridgehead atoms. The molecule has 0 aromatic heterocycles. The van der Waals surface area contributed by atoms with E-state index in [1.54, 1.807) is 0 Å². The van der Waals surface area contributed by atoms with Gasteiger partial charge in [0.25, 0.3) is 0 Å². The monoisotopic (exact) mass is 337 g/mol. The van der Waals surface area contributed by atoms with Crippen LogP contribution in [0.3, 0.4) is 0 Å². The Kier molecular flexibility index (Phi) is 5.56. The molecule has 1 saturated heterocycles. The fourth-order valence-electron chi connectivity index (χ4n) is 2.28. The van der Waals surface area contributed by atoms with Gasteiger partial charge in [0.15, 0.2) is 0 Å². The van der Waals surface area contributed by atoms with Gasteiger partial charge in [-0.15, -0.1) is 0 Å². The summed E-state index contributed by atoms with van der Waals surface area (Å²) in [4.78, 5) is -0.476. The van der Waals surface area contributed by atoms with Gasteiger partial charge in [-0.25, -0.2) is 12.8 Å². The standard InChI is InChI=1S/C13H17ClFNO4S/c1-19-7-5-10-9-20-8-6-16(10)21(17,18)13-11(14)3-2-4-12(13)15/h2-4,10H,5-9H2,1H3. The number of hydrogen-bond acceptors (Lipinski definition) is 4. The minimum absolute atomic E-state index is 0.119. The van der Waals surface area contributed by atoms with Crippen LogP contribution in [0, 0.1) is 5.82 Å². The molecule has 5 nitrogen and oxygen atoms in total. The van der Waals surface area contributed by atoms with Gasteiger partial charge in [0.1, 0.15) is 10.7 Å². The van der Waals surface area contributed by atoms with Crippen molar-refractivity contribution in [1.82, 2.24) is 4.31 Å². The Morgan fingerprint density at radius 2 is 2.29 bits per heavy atom. The van der Waals surface area contributed by atoms with Crippen LogP contribution in [0.5, 0.6) is 0 Å². The third-order valence-electron chi connectivity index (χ3n) is 3.31. The Morgan fingerprint density at radius 3 is 2.95 bits per heavy atom. The summed E-state index contributed by atoms with van der Waals surface area (Å²) in [5.41, 5.74) is 0. The topological polar surface area (TPSA) is 55.8 Å². The summed E-state index contributed by atoms with van der Waals surface area (Å²) in [6.45, 7) is 1.09. The molecule has 1 atom stereocenters. The van der Waals surface area contributed by atoms with Gasteiger partial charge in [-0.3, -0.25) is 0 Å². The van der Waals surface area contributed by atoms with Crippen LogP contribution in [-0.4, -0.2) is 52.2 Å². The fraction of sp³-hybridized carbons (Fsp3) is 0.538. The summed E-state index contributed by atoms with van der Waals surface area (Å²) in [5, 5.41) is -0.119. The van der Waals surface area contributed by atoms with E-state index in [-0.39, 0.29) is 30.8 Å². The summed E-state index contributed by atoms with van der Waals surface area (Å²) in [6, 6.07) is 3.43. The third kappa shape index (κ3) is 3.54. The van der Waals surface area contributed by atoms with Gasteiger partial charge in [0.05, 0.1) is 24.3 Å². The molecule has 118 valence electrons. The number of hydrogen-bond donors (Lipinski definition) is 0. The molecule has 1 fully saturated rings. The highest BCUT2D eigenvalue weighted by Crippen LogP contribution is 2.29. The average molecular weight is 338 g/mol. The quantitative estimate of drug-likeness (QED) is 0.823. The lowest BCUT2D eigenvalue weighted by molar-refractivity contribution is 0.0203. The zero-order chi connectivity index (χ0) is 15.5. The van der Waals surface area contributed by atoms with Crippen molar-refractivity contribution in [3.63, 3.8) is 0 Å². The predicted octanol–water partition coefficient (Wildman–Crippen LogP) is 1.91. The smallest absolute Gasteiger partial charge is 0.247 e. The summed E-state index contributed by atoms with van der Waals surface area (Å²) in [7, 11) is -2.47. The lowest BCUT2D eigenvalue weighted by Crippen LogP contribution is -2.49. The molecule has 1 aromatic rings. The highest BCUT2D eigenvalue weighted by molar-refractivity contribution is 7.89. The first kappa shape index (κ1) is 16.6. The first-order valence-electron chi connectivity index (χ1n) is 6.51. The van der Waals surface area contributed by atoms with E-state index in [0.29, 0.717) is 13.0 Å². The van der Waals surface area contributed by atoms with Crippen LogP contribution in [0.25, 0.3) is 0 Å². The molecule has 21 heavy (non-hydrogen) atoms. The predicted molar refractivity (Wildman–Crippen MR) is 76.4 cm³/mol. The van der Waals surface area contributed by atoms with E-state index >= 15 is 0 Å². The lowest BCUT2D eigenvalue weighted by Gasteiger charge is -2.34. The largest absolute Gasteiger partial charge is 0.385 e. The summed E-state index contributed by atoms with van der Waals surface area (Å²) >= 11 is 5.88. The highest BCUT2D eigenvalue weighted by Gasteiger charge is 2.36. The van der Waals surface area contributed by atoms with Gasteiger partial charge in [0, 0.05) is 20.3 Å². The molecule has 8 heteroatoms. The van der Waals surface area contributed by atoms with Crippen molar-refractivity contribution in [3.8, 4) is 0 Å². The molecule has 0 spiro atoms. The third-order valence-corrected chi connectivity index (χ3v) is 5.77. The van der Waals surface area contributed by atoms with E-state index in [1.165, 1.54) is 23.5 Å². The number of nitrogens with zero attached hydrogens (tertiary/aromatic N) is 1. The zero-order valence-electron chi connectivity index (χ0n) is 11.6. The fourth-order valence-corrected chi connectivity index (χ4v) is 4.48. The Morgan fingerprint density at radius 1 is 1.52 bits per heavy atom. The van der Waals surface area contributed by atoms with Gasteiger partial charge < -0.3 is 9.47 Å². The summed E-state index contributed by atoms with van der Waals surface area (Å²) in [6.07, 6.45) is 0.474. The Hall–Kier alpha value is -0.730. The summed E-state index contributed by atoms with van der Waals surface area (Å²) < 4.78 is 50.9. The highest BCUT2D eigenvalue weighted by atomic mass is 35.5. The second-order valence-corrected chi connectivity index (χ2v) is 6.91. The first-order valence-corrected chi connectivity index (χ1v) is 8.33. The van der Waals surface area contributed by atoms with Crippen LogP contribution in [0.15, 0.2) is 23.1 Å².